The van der Waals surface area contributed by atoms with E-state index in [-0.39, 0.29) is 16.3 Å². The zero-order valence-electron chi connectivity index (χ0n) is 9.37. The topological polar surface area (TPSA) is 130 Å². The molecule has 0 unspecified atom stereocenters. The van der Waals surface area contributed by atoms with Crippen molar-refractivity contribution < 1.29 is 24.7 Å². The molecule has 1 aromatic rings. The van der Waals surface area contributed by atoms with Gasteiger partial charge in [0.25, 0.3) is 11.6 Å². The molecule has 9 heteroatoms. The van der Waals surface area contributed by atoms with Crippen LogP contribution in [-0.2, 0) is 4.79 Å². The van der Waals surface area contributed by atoms with Crippen LogP contribution < -0.4 is 5.32 Å². The van der Waals surface area contributed by atoms with Crippen LogP contribution in [0.2, 0.25) is 5.02 Å². The number of carbonyl (C=O) groups is 2. The average molecular weight is 289 g/mol. The molecule has 0 heterocycles. The number of hydrogen-bond donors (Lipinski definition) is 3. The van der Waals surface area contributed by atoms with Crippen molar-refractivity contribution in [2.24, 2.45) is 0 Å². The Kier molecular flexibility index (Phi) is 4.79. The van der Waals surface area contributed by atoms with Gasteiger partial charge in [-0.2, -0.15) is 0 Å². The van der Waals surface area contributed by atoms with Gasteiger partial charge in [-0.1, -0.05) is 11.6 Å². The summed E-state index contributed by atoms with van der Waals surface area (Å²) in [5.74, 6) is -2.17. The van der Waals surface area contributed by atoms with E-state index in [1.165, 1.54) is 6.07 Å². The van der Waals surface area contributed by atoms with Crippen molar-refractivity contribution in [3.63, 3.8) is 0 Å². The molecule has 19 heavy (non-hydrogen) atoms. The Morgan fingerprint density at radius 2 is 2.11 bits per heavy atom. The van der Waals surface area contributed by atoms with Crippen LogP contribution in [0.4, 0.5) is 5.69 Å². The Labute approximate surface area is 111 Å². The van der Waals surface area contributed by atoms with Gasteiger partial charge in [0.15, 0.2) is 6.10 Å². The summed E-state index contributed by atoms with van der Waals surface area (Å²) in [6, 6.07) is 3.32. The first-order chi connectivity index (χ1) is 8.82. The number of aliphatic hydroxyl groups is 1. The number of aliphatic hydroxyl groups excluding tert-OH is 1. The number of rotatable bonds is 5. The summed E-state index contributed by atoms with van der Waals surface area (Å²) in [7, 11) is 0. The molecule has 0 radical (unpaired) electrons. The third-order valence-corrected chi connectivity index (χ3v) is 2.45. The molecule has 3 N–H and O–H groups in total. The number of nitro groups is 1. The smallest absolute Gasteiger partial charge is 0.334 e. The number of aliphatic carboxylic acids is 1. The van der Waals surface area contributed by atoms with Crippen LogP contribution in [0.5, 0.6) is 0 Å². The molecule has 0 aliphatic rings. The standard InChI is InChI=1S/C10H9ClN2O6/c11-6-3-5(1-2-7(6)13(18)19)9(15)12-4-8(14)10(16)17/h1-3,8,14H,4H2,(H,12,15)(H,16,17)/t8-/m0/s1. The maximum Gasteiger partial charge on any atom is 0.334 e. The molecule has 102 valence electrons. The normalized spacial score (nSPS) is 11.7. The Bertz CT molecular complexity index is 533. The van der Waals surface area contributed by atoms with Crippen LogP contribution in [-0.4, -0.2) is 39.7 Å². The monoisotopic (exact) mass is 288 g/mol. The summed E-state index contributed by atoms with van der Waals surface area (Å²) in [5, 5.41) is 29.8. The highest BCUT2D eigenvalue weighted by molar-refractivity contribution is 6.33. The second-order valence-electron chi connectivity index (χ2n) is 3.49. The lowest BCUT2D eigenvalue weighted by Gasteiger charge is -2.08. The van der Waals surface area contributed by atoms with Crippen molar-refractivity contribution >= 4 is 29.2 Å². The van der Waals surface area contributed by atoms with E-state index in [1.807, 2.05) is 0 Å². The molecule has 0 aliphatic heterocycles. The summed E-state index contributed by atoms with van der Waals surface area (Å²) in [4.78, 5) is 31.7. The van der Waals surface area contributed by atoms with Gasteiger partial charge in [-0.15, -0.1) is 0 Å². The summed E-state index contributed by atoms with van der Waals surface area (Å²) in [6.45, 7) is -0.483. The number of benzene rings is 1. The lowest BCUT2D eigenvalue weighted by molar-refractivity contribution is -0.384. The fourth-order valence-corrected chi connectivity index (χ4v) is 1.42. The highest BCUT2D eigenvalue weighted by atomic mass is 35.5. The zero-order valence-corrected chi connectivity index (χ0v) is 10.1. The Morgan fingerprint density at radius 1 is 1.47 bits per heavy atom. The number of carboxylic acids is 1. The molecule has 1 atom stereocenters. The number of nitrogens with one attached hydrogen (secondary N) is 1. The van der Waals surface area contributed by atoms with Gasteiger partial charge in [0.2, 0.25) is 0 Å². The number of carboxylic acid groups (broad SMARTS) is 1. The summed E-state index contributed by atoms with van der Waals surface area (Å²) in [6.07, 6.45) is -1.72. The van der Waals surface area contributed by atoms with Gasteiger partial charge in [0.1, 0.15) is 5.02 Å². The van der Waals surface area contributed by atoms with E-state index in [2.05, 4.69) is 5.32 Å². The van der Waals surface area contributed by atoms with E-state index in [4.69, 9.17) is 21.8 Å². The highest BCUT2D eigenvalue weighted by Gasteiger charge is 2.17. The molecule has 0 saturated heterocycles. The van der Waals surface area contributed by atoms with Crippen LogP contribution in [0.25, 0.3) is 0 Å². The maximum atomic E-state index is 11.6. The first-order valence-electron chi connectivity index (χ1n) is 4.96. The molecule has 8 nitrogen and oxygen atoms in total. The van der Waals surface area contributed by atoms with E-state index in [0.29, 0.717) is 0 Å². The van der Waals surface area contributed by atoms with Gasteiger partial charge >= 0.3 is 5.97 Å². The Hall–Kier alpha value is -2.19. The quantitative estimate of drug-likeness (QED) is 0.532. The van der Waals surface area contributed by atoms with Gasteiger partial charge in [0, 0.05) is 11.6 Å². The molecule has 0 saturated carbocycles. The van der Waals surface area contributed by atoms with Crippen molar-refractivity contribution in [3.05, 3.63) is 38.9 Å². The molecule has 1 aromatic carbocycles. The second-order valence-corrected chi connectivity index (χ2v) is 3.89. The third-order valence-electron chi connectivity index (χ3n) is 2.15. The first kappa shape index (κ1) is 14.9. The SMILES string of the molecule is O=C(NC[C@H](O)C(=O)O)c1ccc([N+](=O)[O-])c(Cl)c1. The van der Waals surface area contributed by atoms with Crippen LogP contribution in [0, 0.1) is 10.1 Å². The fourth-order valence-electron chi connectivity index (χ4n) is 1.17. The van der Waals surface area contributed by atoms with Crippen LogP contribution in [0.3, 0.4) is 0 Å². The zero-order chi connectivity index (χ0) is 14.6. The lowest BCUT2D eigenvalue weighted by Crippen LogP contribution is -2.36. The average Bonchev–Trinajstić information content (AvgIpc) is 2.34. The van der Waals surface area contributed by atoms with Crippen LogP contribution >= 0.6 is 11.6 Å². The molecule has 1 rings (SSSR count). The minimum Gasteiger partial charge on any atom is -0.479 e. The first-order valence-corrected chi connectivity index (χ1v) is 5.33. The molecular formula is C10H9ClN2O6. The van der Waals surface area contributed by atoms with Gasteiger partial charge in [0.05, 0.1) is 11.5 Å². The van der Waals surface area contributed by atoms with Crippen molar-refractivity contribution in [1.29, 1.82) is 0 Å². The van der Waals surface area contributed by atoms with E-state index in [9.17, 15) is 19.7 Å². The third kappa shape index (κ3) is 3.90. The number of carbonyl (C=O) groups excluding carboxylic acids is 1. The van der Waals surface area contributed by atoms with E-state index in [0.717, 1.165) is 12.1 Å². The number of hydrogen-bond acceptors (Lipinski definition) is 5. The Morgan fingerprint density at radius 3 is 2.58 bits per heavy atom. The van der Waals surface area contributed by atoms with E-state index < -0.39 is 29.4 Å². The molecule has 1 amide bonds. The van der Waals surface area contributed by atoms with Crippen molar-refractivity contribution in [2.75, 3.05) is 6.54 Å². The minimum atomic E-state index is -1.72. The predicted octanol–water partition coefficient (Wildman–Crippen LogP) is 0.424. The van der Waals surface area contributed by atoms with Gasteiger partial charge in [-0.25, -0.2) is 4.79 Å². The lowest BCUT2D eigenvalue weighted by atomic mass is 10.2. The molecule has 0 aliphatic carbocycles. The number of nitro benzene ring substituents is 1. The van der Waals surface area contributed by atoms with Gasteiger partial charge < -0.3 is 15.5 Å². The summed E-state index contributed by atoms with van der Waals surface area (Å²) in [5.41, 5.74) is -0.322. The molecule has 0 spiro atoms. The largest absolute Gasteiger partial charge is 0.479 e. The molecule has 0 aromatic heterocycles. The number of nitrogens with zero attached hydrogens (tertiary/aromatic N) is 1. The van der Waals surface area contributed by atoms with Crippen molar-refractivity contribution in [1.82, 2.24) is 5.32 Å². The molecule has 0 fully saturated rings. The van der Waals surface area contributed by atoms with E-state index in [1.54, 1.807) is 0 Å². The van der Waals surface area contributed by atoms with Crippen molar-refractivity contribution in [2.45, 2.75) is 6.10 Å². The number of amides is 1. The van der Waals surface area contributed by atoms with Crippen LogP contribution in [0.1, 0.15) is 10.4 Å². The van der Waals surface area contributed by atoms with Crippen LogP contribution in [0.15, 0.2) is 18.2 Å². The van der Waals surface area contributed by atoms with E-state index >= 15 is 0 Å². The number of halogens is 1. The highest BCUT2D eigenvalue weighted by Crippen LogP contribution is 2.24. The van der Waals surface area contributed by atoms with Crippen molar-refractivity contribution in [3.8, 4) is 0 Å². The molecule has 0 bridgehead atoms. The van der Waals surface area contributed by atoms with Gasteiger partial charge in [-0.3, -0.25) is 14.9 Å². The predicted molar refractivity (Wildman–Crippen MR) is 64.1 cm³/mol. The Balaban J connectivity index is 2.76. The van der Waals surface area contributed by atoms with Gasteiger partial charge in [-0.05, 0) is 12.1 Å². The summed E-state index contributed by atoms with van der Waals surface area (Å²) >= 11 is 5.62. The summed E-state index contributed by atoms with van der Waals surface area (Å²) < 4.78 is 0. The second kappa shape index (κ2) is 6.12. The fraction of sp³-hybridized carbons (Fsp3) is 0.200. The molecular weight excluding hydrogens is 280 g/mol. The maximum absolute atomic E-state index is 11.6. The minimum absolute atomic E-state index is 0.0215.